The number of piperazine rings is 2. The highest BCUT2D eigenvalue weighted by molar-refractivity contribution is 7.89. The van der Waals surface area contributed by atoms with Crippen molar-refractivity contribution in [3.63, 3.8) is 0 Å². The lowest BCUT2D eigenvalue weighted by molar-refractivity contribution is 0.312. The van der Waals surface area contributed by atoms with Gasteiger partial charge in [0.2, 0.25) is 10.0 Å². The van der Waals surface area contributed by atoms with E-state index in [4.69, 9.17) is 0 Å². The molecule has 0 atom stereocenters. The number of sulfonamides is 1. The van der Waals surface area contributed by atoms with E-state index in [0.29, 0.717) is 31.1 Å². The molecule has 2 saturated heterocycles. The summed E-state index contributed by atoms with van der Waals surface area (Å²) < 4.78 is 28.5. The number of aryl methyl sites for hydroxylation is 2. The number of rotatable bonds is 5. The third-order valence-electron chi connectivity index (χ3n) is 6.70. The maximum absolute atomic E-state index is 13.4. The van der Waals surface area contributed by atoms with Gasteiger partial charge in [0, 0.05) is 58.4 Å². The summed E-state index contributed by atoms with van der Waals surface area (Å²) >= 11 is 0. The van der Waals surface area contributed by atoms with Gasteiger partial charge in [-0.1, -0.05) is 26.0 Å². The predicted molar refractivity (Wildman–Crippen MR) is 133 cm³/mol. The van der Waals surface area contributed by atoms with Gasteiger partial charge in [-0.3, -0.25) is 0 Å². The van der Waals surface area contributed by atoms with Crippen LogP contribution < -0.4 is 9.80 Å². The highest BCUT2D eigenvalue weighted by Crippen LogP contribution is 2.27. The van der Waals surface area contributed by atoms with E-state index in [-0.39, 0.29) is 5.92 Å². The third-order valence-corrected chi connectivity index (χ3v) is 8.74. The first-order valence-corrected chi connectivity index (χ1v) is 13.2. The molecule has 0 amide bonds. The van der Waals surface area contributed by atoms with Gasteiger partial charge in [0.25, 0.3) is 0 Å². The molecule has 2 aliphatic heterocycles. The smallest absolute Gasteiger partial charge is 0.243 e. The zero-order valence-corrected chi connectivity index (χ0v) is 21.3. The topological polar surface area (TPSA) is 72.9 Å². The van der Waals surface area contributed by atoms with Crippen LogP contribution in [0.1, 0.15) is 36.7 Å². The summed E-state index contributed by atoms with van der Waals surface area (Å²) in [5.41, 5.74) is 1.84. The van der Waals surface area contributed by atoms with E-state index in [1.807, 2.05) is 32.0 Å². The van der Waals surface area contributed by atoms with Crippen molar-refractivity contribution >= 4 is 21.7 Å². The summed E-state index contributed by atoms with van der Waals surface area (Å²) in [6, 6.07) is 7.84. The molecule has 1 aromatic heterocycles. The Bertz CT molecular complexity index is 1090. The molecule has 0 aliphatic carbocycles. The number of benzene rings is 1. The molecular formula is C24H36N6O2S. The van der Waals surface area contributed by atoms with Gasteiger partial charge in [-0.25, -0.2) is 18.4 Å². The van der Waals surface area contributed by atoms with E-state index in [1.165, 1.54) is 0 Å². The second-order valence-corrected chi connectivity index (χ2v) is 11.4. The molecule has 180 valence electrons. The summed E-state index contributed by atoms with van der Waals surface area (Å²) in [5, 5.41) is 0. The van der Waals surface area contributed by atoms with Gasteiger partial charge in [0.15, 0.2) is 0 Å². The number of likely N-dealkylation sites (N-methyl/N-ethyl adjacent to an activating group) is 1. The molecule has 3 heterocycles. The molecular weight excluding hydrogens is 436 g/mol. The van der Waals surface area contributed by atoms with Gasteiger partial charge < -0.3 is 14.7 Å². The lowest BCUT2D eigenvalue weighted by Crippen LogP contribution is -2.49. The van der Waals surface area contributed by atoms with Crippen molar-refractivity contribution in [3.8, 4) is 0 Å². The van der Waals surface area contributed by atoms with E-state index in [9.17, 15) is 8.42 Å². The highest BCUT2D eigenvalue weighted by atomic mass is 32.2. The van der Waals surface area contributed by atoms with Gasteiger partial charge in [-0.2, -0.15) is 4.31 Å². The maximum Gasteiger partial charge on any atom is 0.243 e. The fourth-order valence-electron chi connectivity index (χ4n) is 4.45. The summed E-state index contributed by atoms with van der Waals surface area (Å²) in [7, 11) is -1.39. The average Bonchev–Trinajstić information content (AvgIpc) is 2.79. The van der Waals surface area contributed by atoms with Crippen molar-refractivity contribution in [1.29, 1.82) is 0 Å². The second kappa shape index (κ2) is 9.56. The summed E-state index contributed by atoms with van der Waals surface area (Å²) in [5.74, 6) is 2.87. The molecule has 2 fully saturated rings. The van der Waals surface area contributed by atoms with E-state index in [1.54, 1.807) is 4.31 Å². The fourth-order valence-corrected chi connectivity index (χ4v) is 6.13. The minimum Gasteiger partial charge on any atom is -0.354 e. The number of nitrogens with zero attached hydrogens (tertiary/aromatic N) is 6. The monoisotopic (exact) mass is 472 g/mol. The van der Waals surface area contributed by atoms with Crippen LogP contribution in [0.15, 0.2) is 29.2 Å². The van der Waals surface area contributed by atoms with Crippen LogP contribution >= 0.6 is 0 Å². The van der Waals surface area contributed by atoms with Crippen molar-refractivity contribution < 1.29 is 8.42 Å². The molecule has 2 aliphatic rings. The summed E-state index contributed by atoms with van der Waals surface area (Å²) in [6.45, 7) is 14.0. The van der Waals surface area contributed by atoms with Crippen LogP contribution in [0, 0.1) is 13.8 Å². The van der Waals surface area contributed by atoms with E-state index in [2.05, 4.69) is 51.6 Å². The average molecular weight is 473 g/mol. The number of hydrogen-bond acceptors (Lipinski definition) is 7. The summed E-state index contributed by atoms with van der Waals surface area (Å²) in [6.07, 6.45) is 0. The second-order valence-electron chi connectivity index (χ2n) is 9.49. The third kappa shape index (κ3) is 5.15. The van der Waals surface area contributed by atoms with Gasteiger partial charge in [0.05, 0.1) is 4.90 Å². The lowest BCUT2D eigenvalue weighted by Gasteiger charge is -2.36. The van der Waals surface area contributed by atoms with Gasteiger partial charge in [0.1, 0.15) is 17.5 Å². The molecule has 0 radical (unpaired) electrons. The Kier molecular flexibility index (Phi) is 6.93. The number of hydrogen-bond donors (Lipinski definition) is 0. The Balaban J connectivity index is 1.49. The first-order valence-electron chi connectivity index (χ1n) is 11.8. The SMILES string of the molecule is Cc1nc(N2CCN(C)CC2)cc(N2CCN(S(=O)(=O)c3cc(C(C)C)ccc3C)CC2)n1. The quantitative estimate of drug-likeness (QED) is 0.662. The van der Waals surface area contributed by atoms with Crippen molar-refractivity contribution in [2.75, 3.05) is 69.2 Å². The van der Waals surface area contributed by atoms with Crippen LogP contribution in [-0.4, -0.2) is 87.0 Å². The molecule has 0 spiro atoms. The minimum atomic E-state index is -3.53. The largest absolute Gasteiger partial charge is 0.354 e. The predicted octanol–water partition coefficient (Wildman–Crippen LogP) is 2.48. The van der Waals surface area contributed by atoms with Crippen LogP contribution in [0.4, 0.5) is 11.6 Å². The Labute approximate surface area is 198 Å². The van der Waals surface area contributed by atoms with Gasteiger partial charge in [-0.05, 0) is 44.0 Å². The first kappa shape index (κ1) is 23.9. The zero-order valence-electron chi connectivity index (χ0n) is 20.5. The van der Waals surface area contributed by atoms with Crippen LogP contribution in [0.25, 0.3) is 0 Å². The Hall–Kier alpha value is -2.23. The molecule has 33 heavy (non-hydrogen) atoms. The van der Waals surface area contributed by atoms with E-state index >= 15 is 0 Å². The summed E-state index contributed by atoms with van der Waals surface area (Å²) in [4.78, 5) is 16.6. The number of aromatic nitrogens is 2. The van der Waals surface area contributed by atoms with E-state index in [0.717, 1.165) is 54.8 Å². The molecule has 0 saturated carbocycles. The molecule has 0 N–H and O–H groups in total. The van der Waals surface area contributed by atoms with Crippen molar-refractivity contribution in [2.24, 2.45) is 0 Å². The van der Waals surface area contributed by atoms with Crippen LogP contribution in [-0.2, 0) is 10.0 Å². The first-order chi connectivity index (χ1) is 15.6. The molecule has 4 rings (SSSR count). The molecule has 0 bridgehead atoms. The van der Waals surface area contributed by atoms with Crippen LogP contribution in [0.2, 0.25) is 0 Å². The molecule has 9 heteroatoms. The zero-order chi connectivity index (χ0) is 23.8. The fraction of sp³-hybridized carbons (Fsp3) is 0.583. The van der Waals surface area contributed by atoms with Gasteiger partial charge >= 0.3 is 0 Å². The van der Waals surface area contributed by atoms with Crippen LogP contribution in [0.5, 0.6) is 0 Å². The van der Waals surface area contributed by atoms with Crippen LogP contribution in [0.3, 0.4) is 0 Å². The van der Waals surface area contributed by atoms with Crippen molar-refractivity contribution in [2.45, 2.75) is 38.5 Å². The highest BCUT2D eigenvalue weighted by Gasteiger charge is 2.31. The maximum atomic E-state index is 13.4. The lowest BCUT2D eigenvalue weighted by atomic mass is 10.0. The van der Waals surface area contributed by atoms with E-state index < -0.39 is 10.0 Å². The molecule has 1 aromatic carbocycles. The van der Waals surface area contributed by atoms with Crippen molar-refractivity contribution in [1.82, 2.24) is 19.2 Å². The minimum absolute atomic E-state index is 0.284. The number of anilines is 2. The Morgan fingerprint density at radius 3 is 1.91 bits per heavy atom. The Morgan fingerprint density at radius 1 is 0.818 bits per heavy atom. The Morgan fingerprint density at radius 2 is 1.36 bits per heavy atom. The normalized spacial score (nSPS) is 18.8. The molecule has 0 unspecified atom stereocenters. The standard InChI is InChI=1S/C24H36N6O2S/c1-18(2)21-7-6-19(3)22(16-21)33(31,32)30-14-12-29(13-15-30)24-17-23(25-20(4)26-24)28-10-8-27(5)9-11-28/h6-7,16-18H,8-15H2,1-5H3. The molecule has 2 aromatic rings. The molecule has 8 nitrogen and oxygen atoms in total. The van der Waals surface area contributed by atoms with Crippen molar-refractivity contribution in [3.05, 3.63) is 41.2 Å². The van der Waals surface area contributed by atoms with Gasteiger partial charge in [-0.15, -0.1) is 0 Å².